The zero-order chi connectivity index (χ0) is 13.1. The Bertz CT molecular complexity index is 523. The molecule has 2 N–H and O–H groups in total. The van der Waals surface area contributed by atoms with Crippen molar-refractivity contribution < 1.29 is 0 Å². The van der Waals surface area contributed by atoms with E-state index >= 15 is 0 Å². The number of nitrogen functional groups attached to an aromatic ring is 1. The van der Waals surface area contributed by atoms with Crippen LogP contribution >= 0.6 is 11.3 Å². The van der Waals surface area contributed by atoms with E-state index in [1.807, 2.05) is 0 Å². The van der Waals surface area contributed by atoms with Gasteiger partial charge in [0.25, 0.3) is 0 Å². The van der Waals surface area contributed by atoms with Gasteiger partial charge in [-0.15, -0.1) is 11.3 Å². The number of hydrogen-bond donors (Lipinski definition) is 1. The second-order valence-corrected chi connectivity index (χ2v) is 6.01. The Morgan fingerprint density at radius 2 is 2.16 bits per heavy atom. The summed E-state index contributed by atoms with van der Waals surface area (Å²) >= 11 is 1.53. The second-order valence-electron chi connectivity index (χ2n) is 5.12. The lowest BCUT2D eigenvalue weighted by atomic mass is 9.99. The topological polar surface area (TPSA) is 42.1 Å². The van der Waals surface area contributed by atoms with E-state index in [2.05, 4.69) is 45.6 Å². The molecule has 0 saturated carbocycles. The Balaban J connectivity index is 1.52. The van der Waals surface area contributed by atoms with Gasteiger partial charge >= 0.3 is 0 Å². The zero-order valence-corrected chi connectivity index (χ0v) is 11.8. The van der Waals surface area contributed by atoms with Crippen molar-refractivity contribution in [2.45, 2.75) is 18.8 Å². The van der Waals surface area contributed by atoms with Crippen LogP contribution in [0.3, 0.4) is 0 Å². The van der Waals surface area contributed by atoms with Gasteiger partial charge in [-0.1, -0.05) is 30.3 Å². The molecule has 3 rings (SSSR count). The van der Waals surface area contributed by atoms with Crippen molar-refractivity contribution >= 4 is 16.5 Å². The molecule has 1 aromatic heterocycles. The maximum Gasteiger partial charge on any atom is 0.180 e. The van der Waals surface area contributed by atoms with Crippen LogP contribution < -0.4 is 5.73 Å². The number of nitrogens with zero attached hydrogens (tertiary/aromatic N) is 2. The highest BCUT2D eigenvalue weighted by Crippen LogP contribution is 2.26. The standard InChI is InChI=1S/C15H19N3S/c16-15-17-14(11-19-15)7-9-18-8-6-13(10-18)12-4-2-1-3-5-12/h1-5,11,13H,6-10H2,(H2,16,17). The molecule has 0 bridgehead atoms. The van der Waals surface area contributed by atoms with Crippen LogP contribution in [0.5, 0.6) is 0 Å². The van der Waals surface area contributed by atoms with E-state index in [4.69, 9.17) is 5.73 Å². The van der Waals surface area contributed by atoms with E-state index in [1.54, 1.807) is 0 Å². The highest BCUT2D eigenvalue weighted by Gasteiger charge is 2.23. The highest BCUT2D eigenvalue weighted by molar-refractivity contribution is 7.13. The van der Waals surface area contributed by atoms with Gasteiger partial charge in [0.2, 0.25) is 0 Å². The number of nitrogens with two attached hydrogens (primary N) is 1. The molecular formula is C15H19N3S. The number of rotatable bonds is 4. The summed E-state index contributed by atoms with van der Waals surface area (Å²) in [6.45, 7) is 3.45. The van der Waals surface area contributed by atoms with Crippen LogP contribution in [0.2, 0.25) is 0 Å². The van der Waals surface area contributed by atoms with E-state index in [0.29, 0.717) is 11.0 Å². The van der Waals surface area contributed by atoms with E-state index < -0.39 is 0 Å². The molecule has 0 amide bonds. The molecule has 2 heterocycles. The average Bonchev–Trinajstić information content (AvgIpc) is 3.06. The van der Waals surface area contributed by atoms with Crippen LogP contribution in [-0.4, -0.2) is 29.5 Å². The molecule has 1 aliphatic rings. The Hall–Kier alpha value is -1.39. The molecule has 2 aromatic rings. The molecule has 1 fully saturated rings. The predicted molar refractivity (Wildman–Crippen MR) is 80.5 cm³/mol. The summed E-state index contributed by atoms with van der Waals surface area (Å²) in [7, 11) is 0. The van der Waals surface area contributed by atoms with Crippen molar-refractivity contribution in [3.8, 4) is 0 Å². The molecule has 19 heavy (non-hydrogen) atoms. The fourth-order valence-corrected chi connectivity index (χ4v) is 3.34. The van der Waals surface area contributed by atoms with Crippen LogP contribution in [0.4, 0.5) is 5.13 Å². The number of benzene rings is 1. The summed E-state index contributed by atoms with van der Waals surface area (Å²) in [5.41, 5.74) is 8.26. The summed E-state index contributed by atoms with van der Waals surface area (Å²) < 4.78 is 0. The Morgan fingerprint density at radius 1 is 1.32 bits per heavy atom. The van der Waals surface area contributed by atoms with Gasteiger partial charge in [-0.2, -0.15) is 0 Å². The lowest BCUT2D eigenvalue weighted by Gasteiger charge is -2.15. The average molecular weight is 273 g/mol. The van der Waals surface area contributed by atoms with E-state index in [9.17, 15) is 0 Å². The molecule has 4 heteroatoms. The van der Waals surface area contributed by atoms with Gasteiger partial charge < -0.3 is 10.6 Å². The van der Waals surface area contributed by atoms with Crippen LogP contribution in [-0.2, 0) is 6.42 Å². The summed E-state index contributed by atoms with van der Waals surface area (Å²) in [5.74, 6) is 0.696. The first kappa shape index (κ1) is 12.6. The fourth-order valence-electron chi connectivity index (χ4n) is 2.74. The zero-order valence-electron chi connectivity index (χ0n) is 11.0. The van der Waals surface area contributed by atoms with Crippen LogP contribution in [0.1, 0.15) is 23.6 Å². The first-order valence-corrected chi connectivity index (χ1v) is 7.66. The molecule has 0 aliphatic carbocycles. The monoisotopic (exact) mass is 273 g/mol. The third-order valence-electron chi connectivity index (χ3n) is 3.80. The quantitative estimate of drug-likeness (QED) is 0.931. The van der Waals surface area contributed by atoms with Crippen LogP contribution in [0.25, 0.3) is 0 Å². The first-order chi connectivity index (χ1) is 9.31. The van der Waals surface area contributed by atoms with Crippen LogP contribution in [0, 0.1) is 0 Å². The number of likely N-dealkylation sites (tertiary alicyclic amines) is 1. The normalized spacial score (nSPS) is 19.9. The fraction of sp³-hybridized carbons (Fsp3) is 0.400. The van der Waals surface area contributed by atoms with Gasteiger partial charge in [-0.25, -0.2) is 4.98 Å². The maximum atomic E-state index is 5.65. The third kappa shape index (κ3) is 3.14. The highest BCUT2D eigenvalue weighted by atomic mass is 32.1. The molecule has 1 unspecified atom stereocenters. The number of aromatic nitrogens is 1. The van der Waals surface area contributed by atoms with Crippen molar-refractivity contribution in [3.63, 3.8) is 0 Å². The predicted octanol–water partition coefficient (Wildman–Crippen LogP) is 2.76. The largest absolute Gasteiger partial charge is 0.375 e. The minimum atomic E-state index is 0.679. The van der Waals surface area contributed by atoms with Crippen molar-refractivity contribution in [2.75, 3.05) is 25.4 Å². The number of hydrogen-bond acceptors (Lipinski definition) is 4. The van der Waals surface area contributed by atoms with Crippen molar-refractivity contribution in [1.29, 1.82) is 0 Å². The molecule has 100 valence electrons. The molecule has 0 spiro atoms. The molecule has 1 atom stereocenters. The van der Waals surface area contributed by atoms with E-state index in [1.165, 1.54) is 36.4 Å². The van der Waals surface area contributed by atoms with Gasteiger partial charge in [0.1, 0.15) is 0 Å². The van der Waals surface area contributed by atoms with Crippen molar-refractivity contribution in [1.82, 2.24) is 9.88 Å². The summed E-state index contributed by atoms with van der Waals surface area (Å²) in [4.78, 5) is 6.85. The lowest BCUT2D eigenvalue weighted by Crippen LogP contribution is -2.23. The van der Waals surface area contributed by atoms with E-state index in [0.717, 1.165) is 18.7 Å². The maximum absolute atomic E-state index is 5.65. The Kier molecular flexibility index (Phi) is 3.80. The molecule has 1 aromatic carbocycles. The molecule has 3 nitrogen and oxygen atoms in total. The third-order valence-corrected chi connectivity index (χ3v) is 4.52. The minimum Gasteiger partial charge on any atom is -0.375 e. The molecule has 1 aliphatic heterocycles. The summed E-state index contributed by atoms with van der Waals surface area (Å²) in [6, 6.07) is 10.8. The van der Waals surface area contributed by atoms with Gasteiger partial charge in [-0.05, 0) is 24.4 Å². The smallest absolute Gasteiger partial charge is 0.180 e. The Labute approximate surface area is 118 Å². The molecular weight excluding hydrogens is 254 g/mol. The minimum absolute atomic E-state index is 0.679. The van der Waals surface area contributed by atoms with Gasteiger partial charge in [0.05, 0.1) is 5.69 Å². The van der Waals surface area contributed by atoms with E-state index in [-0.39, 0.29) is 0 Å². The van der Waals surface area contributed by atoms with Gasteiger partial charge in [0.15, 0.2) is 5.13 Å². The number of thiazole rings is 1. The molecule has 1 saturated heterocycles. The van der Waals surface area contributed by atoms with Gasteiger partial charge in [-0.3, -0.25) is 0 Å². The SMILES string of the molecule is Nc1nc(CCN2CCC(c3ccccc3)C2)cs1. The molecule has 0 radical (unpaired) electrons. The Morgan fingerprint density at radius 3 is 2.89 bits per heavy atom. The number of anilines is 1. The summed E-state index contributed by atoms with van der Waals surface area (Å²) in [6.07, 6.45) is 2.28. The first-order valence-electron chi connectivity index (χ1n) is 6.78. The van der Waals surface area contributed by atoms with Crippen molar-refractivity contribution in [3.05, 3.63) is 47.0 Å². The lowest BCUT2D eigenvalue weighted by molar-refractivity contribution is 0.338. The van der Waals surface area contributed by atoms with Crippen molar-refractivity contribution in [2.24, 2.45) is 0 Å². The second kappa shape index (κ2) is 5.72. The summed E-state index contributed by atoms with van der Waals surface area (Å²) in [5, 5.41) is 2.75. The van der Waals surface area contributed by atoms with Crippen LogP contribution in [0.15, 0.2) is 35.7 Å². The van der Waals surface area contributed by atoms with Gasteiger partial charge in [0, 0.05) is 24.9 Å².